The van der Waals surface area contributed by atoms with Crippen molar-refractivity contribution in [2.24, 2.45) is 0 Å². The quantitative estimate of drug-likeness (QED) is 0.818. The highest BCUT2D eigenvalue weighted by Crippen LogP contribution is 2.32. The molecule has 0 saturated carbocycles. The van der Waals surface area contributed by atoms with E-state index in [0.29, 0.717) is 5.56 Å². The maximum absolute atomic E-state index is 9.20. The van der Waals surface area contributed by atoms with Crippen molar-refractivity contribution in [1.82, 2.24) is 4.98 Å². The molecule has 1 aromatic carbocycles. The van der Waals surface area contributed by atoms with Crippen LogP contribution >= 0.6 is 27.7 Å². The van der Waals surface area contributed by atoms with E-state index in [0.717, 1.165) is 25.7 Å². The first-order chi connectivity index (χ1) is 8.60. The first-order valence-corrected chi connectivity index (χ1v) is 7.03. The predicted molar refractivity (Wildman–Crippen MR) is 76.7 cm³/mol. The van der Waals surface area contributed by atoms with E-state index in [9.17, 15) is 5.26 Å². The monoisotopic (exact) mass is 318 g/mol. The summed E-state index contributed by atoms with van der Waals surface area (Å²) in [6.07, 6.45) is 0. The molecule has 2 nitrogen and oxygen atoms in total. The van der Waals surface area contributed by atoms with Crippen LogP contribution in [0.15, 0.2) is 44.6 Å². The van der Waals surface area contributed by atoms with Gasteiger partial charge in [0.1, 0.15) is 6.07 Å². The van der Waals surface area contributed by atoms with Gasteiger partial charge in [-0.3, -0.25) is 4.98 Å². The molecule has 0 amide bonds. The number of rotatable bonds is 2. The van der Waals surface area contributed by atoms with E-state index in [1.165, 1.54) is 0 Å². The lowest BCUT2D eigenvalue weighted by Crippen LogP contribution is -1.93. The standard InChI is InChI=1S/C14H11BrN2S/c1-9-7-14(13(8-16)10(2)17-9)18-12-5-3-11(15)4-6-12/h3-7H,1-2H3. The molecular formula is C14H11BrN2S. The molecule has 1 aromatic heterocycles. The molecule has 2 aromatic rings. The fourth-order valence-corrected chi connectivity index (χ4v) is 2.95. The van der Waals surface area contributed by atoms with Crippen LogP contribution in [0.1, 0.15) is 17.0 Å². The molecule has 0 N–H and O–H groups in total. The molecule has 0 atom stereocenters. The molecule has 2 rings (SSSR count). The zero-order valence-electron chi connectivity index (χ0n) is 10.1. The second-order valence-electron chi connectivity index (χ2n) is 3.89. The summed E-state index contributed by atoms with van der Waals surface area (Å²) in [6, 6.07) is 12.2. The first kappa shape index (κ1) is 13.1. The van der Waals surface area contributed by atoms with E-state index in [-0.39, 0.29) is 0 Å². The molecule has 0 bridgehead atoms. The second kappa shape index (κ2) is 5.55. The smallest absolute Gasteiger partial charge is 0.102 e. The van der Waals surface area contributed by atoms with Gasteiger partial charge >= 0.3 is 0 Å². The minimum Gasteiger partial charge on any atom is -0.257 e. The fourth-order valence-electron chi connectivity index (χ4n) is 1.64. The highest BCUT2D eigenvalue weighted by Gasteiger charge is 2.09. The van der Waals surface area contributed by atoms with Crippen LogP contribution in [-0.2, 0) is 0 Å². The Morgan fingerprint density at radius 1 is 1.22 bits per heavy atom. The lowest BCUT2D eigenvalue weighted by Gasteiger charge is -2.07. The van der Waals surface area contributed by atoms with Crippen molar-refractivity contribution in [2.45, 2.75) is 23.6 Å². The van der Waals surface area contributed by atoms with E-state index in [2.05, 4.69) is 27.0 Å². The Hall–Kier alpha value is -1.31. The fraction of sp³-hybridized carbons (Fsp3) is 0.143. The van der Waals surface area contributed by atoms with Gasteiger partial charge in [0, 0.05) is 20.0 Å². The molecule has 0 aliphatic carbocycles. The van der Waals surface area contributed by atoms with E-state index in [1.807, 2.05) is 44.2 Å². The van der Waals surface area contributed by atoms with E-state index < -0.39 is 0 Å². The number of halogens is 1. The minimum absolute atomic E-state index is 0.661. The number of hydrogen-bond donors (Lipinski definition) is 0. The number of aromatic nitrogens is 1. The lowest BCUT2D eigenvalue weighted by atomic mass is 10.2. The summed E-state index contributed by atoms with van der Waals surface area (Å²) in [6.45, 7) is 3.82. The number of nitrogens with zero attached hydrogens (tertiary/aromatic N) is 2. The van der Waals surface area contributed by atoms with Gasteiger partial charge in [0.2, 0.25) is 0 Å². The maximum atomic E-state index is 9.20. The van der Waals surface area contributed by atoms with Crippen molar-refractivity contribution >= 4 is 27.7 Å². The van der Waals surface area contributed by atoms with Gasteiger partial charge in [-0.2, -0.15) is 5.26 Å². The van der Waals surface area contributed by atoms with Gasteiger partial charge in [0.15, 0.2) is 0 Å². The molecule has 18 heavy (non-hydrogen) atoms. The Balaban J connectivity index is 2.40. The van der Waals surface area contributed by atoms with Crippen molar-refractivity contribution in [3.8, 4) is 6.07 Å². The van der Waals surface area contributed by atoms with Crippen LogP contribution in [0.5, 0.6) is 0 Å². The molecule has 4 heteroatoms. The molecule has 0 spiro atoms. The Kier molecular flexibility index (Phi) is 4.05. The van der Waals surface area contributed by atoms with Crippen molar-refractivity contribution in [2.75, 3.05) is 0 Å². The second-order valence-corrected chi connectivity index (χ2v) is 5.92. The zero-order valence-corrected chi connectivity index (χ0v) is 12.5. The molecular weight excluding hydrogens is 308 g/mol. The number of pyridine rings is 1. The van der Waals surface area contributed by atoms with Gasteiger partial charge < -0.3 is 0 Å². The van der Waals surface area contributed by atoms with Crippen molar-refractivity contribution in [3.05, 3.63) is 51.8 Å². The van der Waals surface area contributed by atoms with Crippen LogP contribution in [0.2, 0.25) is 0 Å². The highest BCUT2D eigenvalue weighted by molar-refractivity contribution is 9.10. The van der Waals surface area contributed by atoms with Crippen molar-refractivity contribution in [1.29, 1.82) is 5.26 Å². The van der Waals surface area contributed by atoms with Crippen LogP contribution in [0.4, 0.5) is 0 Å². The molecule has 0 unspecified atom stereocenters. The average molecular weight is 319 g/mol. The summed E-state index contributed by atoms with van der Waals surface area (Å²) in [5.41, 5.74) is 2.39. The van der Waals surface area contributed by atoms with E-state index >= 15 is 0 Å². The van der Waals surface area contributed by atoms with Crippen molar-refractivity contribution < 1.29 is 0 Å². The van der Waals surface area contributed by atoms with Gasteiger partial charge in [-0.05, 0) is 44.2 Å². The Morgan fingerprint density at radius 2 is 1.89 bits per heavy atom. The molecule has 0 fully saturated rings. The minimum atomic E-state index is 0.661. The molecule has 0 aliphatic rings. The van der Waals surface area contributed by atoms with Crippen LogP contribution in [-0.4, -0.2) is 4.98 Å². The zero-order chi connectivity index (χ0) is 13.1. The summed E-state index contributed by atoms with van der Waals surface area (Å²) in [5, 5.41) is 9.20. The summed E-state index contributed by atoms with van der Waals surface area (Å²) in [7, 11) is 0. The van der Waals surface area contributed by atoms with Crippen LogP contribution in [0, 0.1) is 25.2 Å². The Bertz CT molecular complexity index is 615. The topological polar surface area (TPSA) is 36.7 Å². The molecule has 0 saturated heterocycles. The normalized spacial score (nSPS) is 10.1. The highest BCUT2D eigenvalue weighted by atomic mass is 79.9. The summed E-state index contributed by atoms with van der Waals surface area (Å²) in [4.78, 5) is 6.39. The molecule has 0 radical (unpaired) electrons. The van der Waals surface area contributed by atoms with E-state index in [4.69, 9.17) is 0 Å². The molecule has 0 aliphatic heterocycles. The lowest BCUT2D eigenvalue weighted by molar-refractivity contribution is 1.07. The largest absolute Gasteiger partial charge is 0.257 e. The summed E-state index contributed by atoms with van der Waals surface area (Å²) < 4.78 is 1.05. The van der Waals surface area contributed by atoms with Gasteiger partial charge in [-0.1, -0.05) is 27.7 Å². The number of benzene rings is 1. The molecule has 90 valence electrons. The van der Waals surface area contributed by atoms with Gasteiger partial charge in [-0.25, -0.2) is 0 Å². The number of hydrogen-bond acceptors (Lipinski definition) is 3. The number of aryl methyl sites for hydroxylation is 2. The average Bonchev–Trinajstić information content (AvgIpc) is 2.32. The number of nitriles is 1. The van der Waals surface area contributed by atoms with Gasteiger partial charge in [0.05, 0.1) is 11.3 Å². The Labute approximate surface area is 119 Å². The summed E-state index contributed by atoms with van der Waals surface area (Å²) >= 11 is 5.00. The van der Waals surface area contributed by atoms with Crippen LogP contribution in [0.3, 0.4) is 0 Å². The van der Waals surface area contributed by atoms with Gasteiger partial charge in [0.25, 0.3) is 0 Å². The predicted octanol–water partition coefficient (Wildman–Crippen LogP) is 4.48. The third kappa shape index (κ3) is 2.92. The van der Waals surface area contributed by atoms with Crippen LogP contribution in [0.25, 0.3) is 0 Å². The third-order valence-electron chi connectivity index (χ3n) is 2.45. The van der Waals surface area contributed by atoms with Gasteiger partial charge in [-0.15, -0.1) is 0 Å². The van der Waals surface area contributed by atoms with Crippen LogP contribution < -0.4 is 0 Å². The summed E-state index contributed by atoms with van der Waals surface area (Å²) in [5.74, 6) is 0. The first-order valence-electron chi connectivity index (χ1n) is 5.42. The Morgan fingerprint density at radius 3 is 2.50 bits per heavy atom. The maximum Gasteiger partial charge on any atom is 0.102 e. The van der Waals surface area contributed by atoms with Crippen molar-refractivity contribution in [3.63, 3.8) is 0 Å². The molecule has 1 heterocycles. The SMILES string of the molecule is Cc1cc(Sc2ccc(Br)cc2)c(C#N)c(C)n1. The third-order valence-corrected chi connectivity index (χ3v) is 4.02. The van der Waals surface area contributed by atoms with E-state index in [1.54, 1.807) is 11.8 Å².